The summed E-state index contributed by atoms with van der Waals surface area (Å²) in [5.74, 6) is 2.91. The average molecular weight is 354 g/mol. The number of methoxy groups -OCH3 is 1. The van der Waals surface area contributed by atoms with E-state index in [0.717, 1.165) is 22.9 Å². The molecule has 1 fully saturated rings. The Bertz CT molecular complexity index is 640. The third-order valence-corrected chi connectivity index (χ3v) is 3.87. The summed E-state index contributed by atoms with van der Waals surface area (Å²) in [6.07, 6.45) is 2.25. The van der Waals surface area contributed by atoms with Gasteiger partial charge in [0, 0.05) is 12.5 Å². The molecule has 7 heteroatoms. The highest BCUT2D eigenvalue weighted by atomic mass is 79.9. The van der Waals surface area contributed by atoms with Gasteiger partial charge in [-0.05, 0) is 46.5 Å². The zero-order chi connectivity index (χ0) is 14.8. The van der Waals surface area contributed by atoms with E-state index in [1.807, 2.05) is 12.1 Å². The molecule has 0 unspecified atom stereocenters. The predicted octanol–water partition coefficient (Wildman–Crippen LogP) is 2.76. The van der Waals surface area contributed by atoms with E-state index in [9.17, 15) is 0 Å². The normalized spacial score (nSPS) is 14.2. The Balaban J connectivity index is 1.74. The van der Waals surface area contributed by atoms with Crippen LogP contribution in [0.15, 0.2) is 21.1 Å². The second-order valence-electron chi connectivity index (χ2n) is 4.92. The van der Waals surface area contributed by atoms with Gasteiger partial charge in [0.15, 0.2) is 18.1 Å². The van der Waals surface area contributed by atoms with Crippen LogP contribution in [-0.4, -0.2) is 17.3 Å². The Kier molecular flexibility index (Phi) is 4.12. The molecule has 0 radical (unpaired) electrons. The van der Waals surface area contributed by atoms with Gasteiger partial charge in [-0.3, -0.25) is 0 Å². The molecule has 2 aromatic rings. The van der Waals surface area contributed by atoms with E-state index in [2.05, 4.69) is 26.1 Å². The van der Waals surface area contributed by atoms with E-state index in [1.165, 1.54) is 0 Å². The van der Waals surface area contributed by atoms with Gasteiger partial charge in [0.2, 0.25) is 11.7 Å². The molecule has 2 N–H and O–H groups in total. The van der Waals surface area contributed by atoms with Gasteiger partial charge in [-0.2, -0.15) is 4.98 Å². The van der Waals surface area contributed by atoms with E-state index in [-0.39, 0.29) is 6.61 Å². The Hall–Kier alpha value is -1.60. The van der Waals surface area contributed by atoms with Gasteiger partial charge >= 0.3 is 0 Å². The number of rotatable bonds is 6. The molecule has 3 rings (SSSR count). The van der Waals surface area contributed by atoms with Crippen molar-refractivity contribution in [3.8, 4) is 11.5 Å². The van der Waals surface area contributed by atoms with Crippen LogP contribution in [0.1, 0.15) is 36.0 Å². The van der Waals surface area contributed by atoms with Crippen molar-refractivity contribution in [2.24, 2.45) is 5.73 Å². The van der Waals surface area contributed by atoms with Gasteiger partial charge < -0.3 is 19.7 Å². The number of benzene rings is 1. The van der Waals surface area contributed by atoms with Crippen LogP contribution in [0.4, 0.5) is 0 Å². The molecule has 112 valence electrons. The van der Waals surface area contributed by atoms with Crippen molar-refractivity contribution in [3.05, 3.63) is 33.9 Å². The minimum Gasteiger partial charge on any atom is -0.493 e. The highest BCUT2D eigenvalue weighted by molar-refractivity contribution is 9.10. The van der Waals surface area contributed by atoms with E-state index < -0.39 is 0 Å². The molecular weight excluding hydrogens is 338 g/mol. The number of hydrogen-bond donors (Lipinski definition) is 1. The lowest BCUT2D eigenvalue weighted by Crippen LogP contribution is -2.02. The van der Waals surface area contributed by atoms with E-state index in [1.54, 1.807) is 7.11 Å². The summed E-state index contributed by atoms with van der Waals surface area (Å²) in [5, 5.41) is 3.92. The van der Waals surface area contributed by atoms with Gasteiger partial charge in [-0.25, -0.2) is 0 Å². The van der Waals surface area contributed by atoms with Crippen molar-refractivity contribution in [3.63, 3.8) is 0 Å². The third kappa shape index (κ3) is 3.19. The van der Waals surface area contributed by atoms with Crippen LogP contribution in [0, 0.1) is 0 Å². The number of nitrogens with zero attached hydrogens (tertiary/aromatic N) is 2. The highest BCUT2D eigenvalue weighted by Crippen LogP contribution is 2.39. The fourth-order valence-corrected chi connectivity index (χ4v) is 2.59. The lowest BCUT2D eigenvalue weighted by atomic mass is 10.2. The first kappa shape index (κ1) is 14.3. The number of hydrogen-bond acceptors (Lipinski definition) is 6. The summed E-state index contributed by atoms with van der Waals surface area (Å²) in [7, 11) is 1.59. The van der Waals surface area contributed by atoms with Gasteiger partial charge in [0.05, 0.1) is 11.6 Å². The minimum absolute atomic E-state index is 0.229. The molecule has 0 amide bonds. The molecular formula is C14H16BrN3O3. The first-order valence-electron chi connectivity index (χ1n) is 6.73. The zero-order valence-corrected chi connectivity index (χ0v) is 13.2. The third-order valence-electron chi connectivity index (χ3n) is 3.28. The summed E-state index contributed by atoms with van der Waals surface area (Å²) >= 11 is 3.47. The molecule has 0 aliphatic heterocycles. The van der Waals surface area contributed by atoms with Gasteiger partial charge in [-0.15, -0.1) is 0 Å². The predicted molar refractivity (Wildman–Crippen MR) is 79.2 cm³/mol. The number of nitrogens with two attached hydrogens (primary N) is 1. The van der Waals surface area contributed by atoms with Crippen LogP contribution >= 0.6 is 15.9 Å². The molecule has 1 aromatic carbocycles. The Morgan fingerprint density at radius 1 is 1.43 bits per heavy atom. The van der Waals surface area contributed by atoms with E-state index in [0.29, 0.717) is 35.7 Å². The van der Waals surface area contributed by atoms with Gasteiger partial charge in [-0.1, -0.05) is 5.16 Å². The first-order chi connectivity index (χ1) is 10.2. The van der Waals surface area contributed by atoms with Gasteiger partial charge in [0.25, 0.3) is 0 Å². The molecule has 1 aromatic heterocycles. The molecule has 21 heavy (non-hydrogen) atoms. The van der Waals surface area contributed by atoms with Crippen molar-refractivity contribution in [2.45, 2.75) is 31.9 Å². The Morgan fingerprint density at radius 2 is 2.24 bits per heavy atom. The number of ether oxygens (including phenoxy) is 2. The molecule has 6 nitrogen and oxygen atoms in total. The van der Waals surface area contributed by atoms with Crippen molar-refractivity contribution in [1.82, 2.24) is 10.1 Å². The molecule has 1 heterocycles. The first-order valence-corrected chi connectivity index (χ1v) is 7.52. The quantitative estimate of drug-likeness (QED) is 0.859. The maximum Gasteiger partial charge on any atom is 0.229 e. The van der Waals surface area contributed by atoms with Crippen molar-refractivity contribution in [2.75, 3.05) is 7.11 Å². The van der Waals surface area contributed by atoms with Crippen LogP contribution < -0.4 is 15.2 Å². The smallest absolute Gasteiger partial charge is 0.229 e. The maximum atomic E-state index is 5.76. The molecule has 1 aliphatic carbocycles. The van der Waals surface area contributed by atoms with Crippen LogP contribution in [0.5, 0.6) is 11.5 Å². The SMILES string of the molecule is COc1cc(CN)cc(Br)c1OCc1noc(C2CC2)n1. The summed E-state index contributed by atoms with van der Waals surface area (Å²) in [6.45, 7) is 0.665. The molecule has 0 atom stereocenters. The summed E-state index contributed by atoms with van der Waals surface area (Å²) < 4.78 is 17.1. The lowest BCUT2D eigenvalue weighted by Gasteiger charge is -2.12. The second-order valence-corrected chi connectivity index (χ2v) is 5.78. The van der Waals surface area contributed by atoms with Crippen LogP contribution in [0.25, 0.3) is 0 Å². The zero-order valence-electron chi connectivity index (χ0n) is 11.6. The van der Waals surface area contributed by atoms with Crippen molar-refractivity contribution in [1.29, 1.82) is 0 Å². The summed E-state index contributed by atoms with van der Waals surface area (Å²) in [6, 6.07) is 3.76. The fourth-order valence-electron chi connectivity index (χ4n) is 1.99. The van der Waals surface area contributed by atoms with Crippen molar-refractivity contribution >= 4 is 15.9 Å². The molecule has 0 saturated heterocycles. The fraction of sp³-hybridized carbons (Fsp3) is 0.429. The second kappa shape index (κ2) is 6.03. The highest BCUT2D eigenvalue weighted by Gasteiger charge is 2.29. The monoisotopic (exact) mass is 353 g/mol. The van der Waals surface area contributed by atoms with Crippen LogP contribution in [0.3, 0.4) is 0 Å². The topological polar surface area (TPSA) is 83.4 Å². The maximum absolute atomic E-state index is 5.76. The summed E-state index contributed by atoms with van der Waals surface area (Å²) in [4.78, 5) is 4.33. The molecule has 1 aliphatic rings. The standard InChI is InChI=1S/C14H16BrN3O3/c1-19-11-5-8(6-16)4-10(15)13(11)20-7-12-17-14(21-18-12)9-2-3-9/h4-5,9H,2-3,6-7,16H2,1H3. The number of halogens is 1. The molecule has 0 bridgehead atoms. The Labute approximate surface area is 130 Å². The van der Waals surface area contributed by atoms with Crippen LogP contribution in [0.2, 0.25) is 0 Å². The lowest BCUT2D eigenvalue weighted by molar-refractivity contribution is 0.267. The largest absolute Gasteiger partial charge is 0.493 e. The minimum atomic E-state index is 0.229. The van der Waals surface area contributed by atoms with E-state index in [4.69, 9.17) is 19.7 Å². The number of aromatic nitrogens is 2. The average Bonchev–Trinajstić information content (AvgIpc) is 3.24. The van der Waals surface area contributed by atoms with Gasteiger partial charge in [0.1, 0.15) is 0 Å². The van der Waals surface area contributed by atoms with Crippen molar-refractivity contribution < 1.29 is 14.0 Å². The van der Waals surface area contributed by atoms with E-state index >= 15 is 0 Å². The Morgan fingerprint density at radius 3 is 2.90 bits per heavy atom. The summed E-state index contributed by atoms with van der Waals surface area (Å²) in [5.41, 5.74) is 6.60. The molecule has 0 spiro atoms. The molecule has 1 saturated carbocycles. The van der Waals surface area contributed by atoms with Crippen LogP contribution in [-0.2, 0) is 13.2 Å².